The van der Waals surface area contributed by atoms with Gasteiger partial charge in [0.15, 0.2) is 0 Å². The van der Waals surface area contributed by atoms with Gasteiger partial charge in [-0.3, -0.25) is 0 Å². The molecule has 0 aliphatic heterocycles. The van der Waals surface area contributed by atoms with Crippen LogP contribution in [0.25, 0.3) is 17.2 Å². The molecule has 0 spiro atoms. The number of ether oxygens (including phenoxy) is 1. The Balaban J connectivity index is 1.42. The van der Waals surface area contributed by atoms with Gasteiger partial charge >= 0.3 is 0 Å². The van der Waals surface area contributed by atoms with Gasteiger partial charge in [-0.2, -0.15) is 0 Å². The van der Waals surface area contributed by atoms with Crippen molar-refractivity contribution in [3.8, 4) is 22.6 Å². The van der Waals surface area contributed by atoms with E-state index in [-0.39, 0.29) is 10.8 Å². The highest BCUT2D eigenvalue weighted by atomic mass is 16.5. The highest BCUT2D eigenvalue weighted by molar-refractivity contribution is 5.78. The lowest BCUT2D eigenvalue weighted by Crippen LogP contribution is -2.14. The fourth-order valence-corrected chi connectivity index (χ4v) is 4.99. The highest BCUT2D eigenvalue weighted by Crippen LogP contribution is 2.38. The van der Waals surface area contributed by atoms with E-state index in [9.17, 15) is 0 Å². The van der Waals surface area contributed by atoms with Crippen molar-refractivity contribution in [3.05, 3.63) is 145 Å². The molecular formula is C40H41NO. The van der Waals surface area contributed by atoms with Crippen LogP contribution in [0.2, 0.25) is 0 Å². The maximum Gasteiger partial charge on any atom is 0.127 e. The summed E-state index contributed by atoms with van der Waals surface area (Å²) in [6, 6.07) is 42.9. The van der Waals surface area contributed by atoms with Crippen LogP contribution in [0.5, 0.6) is 11.5 Å². The van der Waals surface area contributed by atoms with Crippen LogP contribution in [0, 0.1) is 0 Å². The fraction of sp³-hybridized carbons (Fsp3) is 0.200. The smallest absolute Gasteiger partial charge is 0.127 e. The molecule has 0 aromatic heterocycles. The molecule has 0 aliphatic carbocycles. The van der Waals surface area contributed by atoms with Crippen molar-refractivity contribution in [1.82, 2.24) is 0 Å². The van der Waals surface area contributed by atoms with E-state index in [0.29, 0.717) is 0 Å². The van der Waals surface area contributed by atoms with E-state index in [1.165, 1.54) is 11.1 Å². The molecule has 0 radical (unpaired) electrons. The Morgan fingerprint density at radius 1 is 0.476 bits per heavy atom. The molecule has 0 N–H and O–H groups in total. The molecule has 0 aliphatic rings. The Morgan fingerprint density at radius 3 is 1.17 bits per heavy atom. The summed E-state index contributed by atoms with van der Waals surface area (Å²) in [5, 5.41) is 0. The molecular weight excluding hydrogens is 510 g/mol. The summed E-state index contributed by atoms with van der Waals surface area (Å²) in [4.78, 5) is 2.33. The number of rotatable bonds is 7. The van der Waals surface area contributed by atoms with Crippen LogP contribution in [0.15, 0.2) is 128 Å². The summed E-state index contributed by atoms with van der Waals surface area (Å²) in [6.07, 6.45) is 1.83. The highest BCUT2D eigenvalue weighted by Gasteiger charge is 2.18. The molecule has 0 atom stereocenters. The molecule has 0 amide bonds. The molecule has 0 fully saturated rings. The summed E-state index contributed by atoms with van der Waals surface area (Å²) in [7, 11) is 0. The predicted molar refractivity (Wildman–Crippen MR) is 181 cm³/mol. The lowest BCUT2D eigenvalue weighted by atomic mass is 9.86. The molecule has 0 saturated heterocycles. The minimum absolute atomic E-state index is 0.107. The minimum Gasteiger partial charge on any atom is -0.457 e. The molecule has 0 heterocycles. The minimum atomic E-state index is 0.107. The van der Waals surface area contributed by atoms with E-state index < -0.39 is 0 Å². The summed E-state index contributed by atoms with van der Waals surface area (Å²) >= 11 is 0. The predicted octanol–water partition coefficient (Wildman–Crippen LogP) is 11.9. The van der Waals surface area contributed by atoms with E-state index >= 15 is 0 Å². The number of hydrogen-bond acceptors (Lipinski definition) is 2. The Kier molecular flexibility index (Phi) is 8.09. The second-order valence-electron chi connectivity index (χ2n) is 12.9. The van der Waals surface area contributed by atoms with Crippen LogP contribution in [0.4, 0.5) is 17.1 Å². The molecule has 5 rings (SSSR count). The van der Waals surface area contributed by atoms with E-state index in [1.807, 2.05) is 42.5 Å². The van der Waals surface area contributed by atoms with Gasteiger partial charge in [0, 0.05) is 17.1 Å². The van der Waals surface area contributed by atoms with Crippen LogP contribution in [0.3, 0.4) is 0 Å². The zero-order chi connectivity index (χ0) is 29.9. The molecule has 2 heteroatoms. The third-order valence-electron chi connectivity index (χ3n) is 7.65. The van der Waals surface area contributed by atoms with Crippen molar-refractivity contribution < 1.29 is 4.74 Å². The van der Waals surface area contributed by atoms with Crippen molar-refractivity contribution in [3.63, 3.8) is 0 Å². The summed E-state index contributed by atoms with van der Waals surface area (Å²) in [5.74, 6) is 1.62. The molecule has 212 valence electrons. The SMILES string of the molecule is C=Cc1ccc(Oc2ccc(-c3ccc(N(c4ccc(C(C)(C)C)cc4)c4ccc(C(C)(C)C)cc4)cc3)cc2)cc1. The molecule has 0 saturated carbocycles. The average molecular weight is 552 g/mol. The second kappa shape index (κ2) is 11.7. The summed E-state index contributed by atoms with van der Waals surface area (Å²) in [5.41, 5.74) is 9.64. The van der Waals surface area contributed by atoms with Gasteiger partial charge in [-0.1, -0.05) is 115 Å². The first-order valence-corrected chi connectivity index (χ1v) is 14.6. The van der Waals surface area contributed by atoms with E-state index in [4.69, 9.17) is 4.74 Å². The van der Waals surface area contributed by atoms with E-state index in [2.05, 4.69) is 138 Å². The van der Waals surface area contributed by atoms with Gasteiger partial charge in [-0.05, 0) is 99.3 Å². The number of benzene rings is 5. The zero-order valence-corrected chi connectivity index (χ0v) is 25.7. The first kappa shape index (κ1) is 29.0. The van der Waals surface area contributed by atoms with Crippen molar-refractivity contribution >= 4 is 23.1 Å². The van der Waals surface area contributed by atoms with E-state index in [1.54, 1.807) is 0 Å². The Labute approximate surface area is 251 Å². The summed E-state index contributed by atoms with van der Waals surface area (Å²) < 4.78 is 6.03. The van der Waals surface area contributed by atoms with Gasteiger partial charge in [-0.25, -0.2) is 0 Å². The lowest BCUT2D eigenvalue weighted by molar-refractivity contribution is 0.483. The van der Waals surface area contributed by atoms with Crippen LogP contribution >= 0.6 is 0 Å². The van der Waals surface area contributed by atoms with Crippen LogP contribution < -0.4 is 9.64 Å². The topological polar surface area (TPSA) is 12.5 Å². The van der Waals surface area contributed by atoms with Gasteiger partial charge in [-0.15, -0.1) is 0 Å². The van der Waals surface area contributed by atoms with Gasteiger partial charge in [0.2, 0.25) is 0 Å². The third-order valence-corrected chi connectivity index (χ3v) is 7.65. The number of nitrogens with zero attached hydrogens (tertiary/aromatic N) is 1. The largest absolute Gasteiger partial charge is 0.457 e. The fourth-order valence-electron chi connectivity index (χ4n) is 4.99. The van der Waals surface area contributed by atoms with Crippen LogP contribution in [-0.4, -0.2) is 0 Å². The standard InChI is InChI=1S/C40H41NO/c1-8-29-9-25-37(26-10-29)42-38-27-13-31(14-28-38)30-11-19-34(20-12-30)41(35-21-15-32(16-22-35)39(2,3)4)36-23-17-33(18-24-36)40(5,6)7/h8-28H,1H2,2-7H3. The molecule has 42 heavy (non-hydrogen) atoms. The lowest BCUT2D eigenvalue weighted by Gasteiger charge is -2.28. The Bertz CT molecular complexity index is 1560. The van der Waals surface area contributed by atoms with Crippen molar-refractivity contribution in [1.29, 1.82) is 0 Å². The molecule has 5 aromatic rings. The molecule has 0 bridgehead atoms. The molecule has 2 nitrogen and oxygen atoms in total. The second-order valence-corrected chi connectivity index (χ2v) is 12.9. The maximum absolute atomic E-state index is 6.03. The Hall–Kier alpha value is -4.56. The average Bonchev–Trinajstić information content (AvgIpc) is 2.98. The molecule has 0 unspecified atom stereocenters. The van der Waals surface area contributed by atoms with E-state index in [0.717, 1.165) is 45.3 Å². The number of anilines is 3. The van der Waals surface area contributed by atoms with Gasteiger partial charge in [0.05, 0.1) is 0 Å². The normalized spacial score (nSPS) is 11.7. The van der Waals surface area contributed by atoms with Crippen molar-refractivity contribution in [2.45, 2.75) is 52.4 Å². The van der Waals surface area contributed by atoms with Gasteiger partial charge in [0.25, 0.3) is 0 Å². The first-order chi connectivity index (χ1) is 20.0. The quantitative estimate of drug-likeness (QED) is 0.199. The van der Waals surface area contributed by atoms with Crippen molar-refractivity contribution in [2.24, 2.45) is 0 Å². The van der Waals surface area contributed by atoms with Crippen LogP contribution in [-0.2, 0) is 10.8 Å². The zero-order valence-electron chi connectivity index (χ0n) is 25.7. The monoisotopic (exact) mass is 551 g/mol. The van der Waals surface area contributed by atoms with Crippen molar-refractivity contribution in [2.75, 3.05) is 4.90 Å². The molecule has 5 aromatic carbocycles. The van der Waals surface area contributed by atoms with Gasteiger partial charge in [0.1, 0.15) is 11.5 Å². The summed E-state index contributed by atoms with van der Waals surface area (Å²) in [6.45, 7) is 17.3. The maximum atomic E-state index is 6.03. The van der Waals surface area contributed by atoms with Gasteiger partial charge < -0.3 is 9.64 Å². The Morgan fingerprint density at radius 2 is 0.810 bits per heavy atom. The van der Waals surface area contributed by atoms with Crippen LogP contribution in [0.1, 0.15) is 58.2 Å². The first-order valence-electron chi connectivity index (χ1n) is 14.6. The number of hydrogen-bond donors (Lipinski definition) is 0. The third kappa shape index (κ3) is 6.66.